The Morgan fingerprint density at radius 1 is 1.59 bits per heavy atom. The Balaban J connectivity index is 1.81. The van der Waals surface area contributed by atoms with E-state index >= 15 is 0 Å². The lowest BCUT2D eigenvalue weighted by atomic mass is 10.0. The molecule has 0 aromatic heterocycles. The van der Waals surface area contributed by atoms with Crippen molar-refractivity contribution in [3.8, 4) is 0 Å². The number of aliphatic hydroxyl groups is 1. The van der Waals surface area contributed by atoms with Gasteiger partial charge in [0.05, 0.1) is 12.1 Å². The van der Waals surface area contributed by atoms with E-state index in [1.165, 1.54) is 0 Å². The van der Waals surface area contributed by atoms with Crippen LogP contribution in [-0.4, -0.2) is 60.1 Å². The fourth-order valence-corrected chi connectivity index (χ4v) is 2.35. The number of nitrogens with one attached hydrogen (secondary N) is 2. The van der Waals surface area contributed by atoms with Gasteiger partial charge >= 0.3 is 0 Å². The smallest absolute Gasteiger partial charge is 0.237 e. The van der Waals surface area contributed by atoms with Crippen LogP contribution >= 0.6 is 0 Å². The number of β-amino-alcohol motifs (C(OH)–C–C–N with tert-alkyl or cyclic N) is 1. The monoisotopic (exact) mass is 241 g/mol. The summed E-state index contributed by atoms with van der Waals surface area (Å²) in [6.45, 7) is 1.04. The number of piperidine rings is 1. The molecule has 2 aliphatic heterocycles. The lowest BCUT2D eigenvalue weighted by Gasteiger charge is -2.30. The molecule has 3 atom stereocenters. The zero-order chi connectivity index (χ0) is 12.4. The van der Waals surface area contributed by atoms with Gasteiger partial charge in [-0.3, -0.25) is 9.59 Å². The van der Waals surface area contributed by atoms with E-state index in [1.807, 2.05) is 0 Å². The van der Waals surface area contributed by atoms with Crippen molar-refractivity contribution < 1.29 is 14.7 Å². The molecule has 6 nitrogen and oxygen atoms in total. The van der Waals surface area contributed by atoms with Gasteiger partial charge in [0, 0.05) is 32.6 Å². The summed E-state index contributed by atoms with van der Waals surface area (Å²) in [5.41, 5.74) is 0. The van der Waals surface area contributed by atoms with Crippen LogP contribution in [0.15, 0.2) is 0 Å². The van der Waals surface area contributed by atoms with Crippen LogP contribution in [0.1, 0.15) is 19.3 Å². The number of likely N-dealkylation sites (N-methyl/N-ethyl adjacent to an activating group) is 1. The molecule has 2 amide bonds. The van der Waals surface area contributed by atoms with Crippen molar-refractivity contribution in [3.05, 3.63) is 0 Å². The number of amides is 2. The van der Waals surface area contributed by atoms with Crippen molar-refractivity contribution in [2.75, 3.05) is 20.1 Å². The molecule has 2 fully saturated rings. The molecule has 2 aliphatic rings. The van der Waals surface area contributed by atoms with E-state index < -0.39 is 6.10 Å². The first-order valence-electron chi connectivity index (χ1n) is 6.02. The van der Waals surface area contributed by atoms with Crippen LogP contribution in [-0.2, 0) is 9.59 Å². The molecule has 3 unspecified atom stereocenters. The quantitative estimate of drug-likeness (QED) is 0.546. The van der Waals surface area contributed by atoms with Crippen molar-refractivity contribution in [1.29, 1.82) is 0 Å². The SMILES string of the molecule is CN1CC(NC(=O)C2CC(O)CN2)CCC1=O. The highest BCUT2D eigenvalue weighted by Gasteiger charge is 2.31. The molecule has 0 radical (unpaired) electrons. The highest BCUT2D eigenvalue weighted by atomic mass is 16.3. The van der Waals surface area contributed by atoms with Gasteiger partial charge in [-0.2, -0.15) is 0 Å². The molecule has 0 aromatic carbocycles. The van der Waals surface area contributed by atoms with Gasteiger partial charge in [-0.25, -0.2) is 0 Å². The fraction of sp³-hybridized carbons (Fsp3) is 0.818. The summed E-state index contributed by atoms with van der Waals surface area (Å²) < 4.78 is 0. The van der Waals surface area contributed by atoms with Crippen LogP contribution < -0.4 is 10.6 Å². The lowest BCUT2D eigenvalue weighted by Crippen LogP contribution is -2.52. The van der Waals surface area contributed by atoms with Crippen LogP contribution in [0.5, 0.6) is 0 Å². The molecule has 0 aromatic rings. The Bertz CT molecular complexity index is 321. The number of carbonyl (C=O) groups excluding carboxylic acids is 2. The fourth-order valence-electron chi connectivity index (χ4n) is 2.35. The summed E-state index contributed by atoms with van der Waals surface area (Å²) in [5, 5.41) is 15.2. The molecule has 2 heterocycles. The van der Waals surface area contributed by atoms with E-state index in [4.69, 9.17) is 0 Å². The largest absolute Gasteiger partial charge is 0.392 e. The van der Waals surface area contributed by atoms with Crippen molar-refractivity contribution in [1.82, 2.24) is 15.5 Å². The van der Waals surface area contributed by atoms with Crippen molar-refractivity contribution >= 4 is 11.8 Å². The van der Waals surface area contributed by atoms with Gasteiger partial charge in [0.1, 0.15) is 0 Å². The number of hydrogen-bond acceptors (Lipinski definition) is 4. The highest BCUT2D eigenvalue weighted by molar-refractivity contribution is 5.83. The molecule has 2 saturated heterocycles. The van der Waals surface area contributed by atoms with E-state index in [-0.39, 0.29) is 23.9 Å². The average molecular weight is 241 g/mol. The number of carbonyl (C=O) groups is 2. The number of hydrogen-bond donors (Lipinski definition) is 3. The summed E-state index contributed by atoms with van der Waals surface area (Å²) in [6, 6.07) is -0.266. The second kappa shape index (κ2) is 5.01. The Hall–Kier alpha value is -1.14. The molecular weight excluding hydrogens is 222 g/mol. The zero-order valence-electron chi connectivity index (χ0n) is 9.98. The second-order valence-corrected chi connectivity index (χ2v) is 4.87. The molecule has 0 saturated carbocycles. The Labute approximate surface area is 100 Å². The predicted molar refractivity (Wildman–Crippen MR) is 61.2 cm³/mol. The normalized spacial score (nSPS) is 33.9. The van der Waals surface area contributed by atoms with Gasteiger partial charge in [0.25, 0.3) is 0 Å². The minimum Gasteiger partial charge on any atom is -0.392 e. The minimum absolute atomic E-state index is 0.0322. The number of rotatable bonds is 2. The van der Waals surface area contributed by atoms with Crippen molar-refractivity contribution in [2.24, 2.45) is 0 Å². The van der Waals surface area contributed by atoms with Crippen molar-refractivity contribution in [3.63, 3.8) is 0 Å². The second-order valence-electron chi connectivity index (χ2n) is 4.87. The van der Waals surface area contributed by atoms with Crippen LogP contribution in [0, 0.1) is 0 Å². The Kier molecular flexibility index (Phi) is 3.63. The van der Waals surface area contributed by atoms with E-state index in [1.54, 1.807) is 11.9 Å². The molecule has 17 heavy (non-hydrogen) atoms. The van der Waals surface area contributed by atoms with E-state index in [9.17, 15) is 14.7 Å². The number of nitrogens with zero attached hydrogens (tertiary/aromatic N) is 1. The van der Waals surface area contributed by atoms with Crippen LogP contribution in [0.2, 0.25) is 0 Å². The molecule has 0 aliphatic carbocycles. The highest BCUT2D eigenvalue weighted by Crippen LogP contribution is 2.11. The van der Waals surface area contributed by atoms with E-state index in [2.05, 4.69) is 10.6 Å². The molecule has 2 rings (SSSR count). The molecule has 3 N–H and O–H groups in total. The third-order valence-corrected chi connectivity index (χ3v) is 3.40. The predicted octanol–water partition coefficient (Wildman–Crippen LogP) is -1.55. The molecular formula is C11H19N3O3. The van der Waals surface area contributed by atoms with Gasteiger partial charge < -0.3 is 20.6 Å². The van der Waals surface area contributed by atoms with E-state index in [0.717, 1.165) is 0 Å². The van der Waals surface area contributed by atoms with Gasteiger partial charge in [0.15, 0.2) is 0 Å². The first-order valence-corrected chi connectivity index (χ1v) is 6.02. The van der Waals surface area contributed by atoms with E-state index in [0.29, 0.717) is 32.4 Å². The maximum Gasteiger partial charge on any atom is 0.237 e. The summed E-state index contributed by atoms with van der Waals surface area (Å²) in [4.78, 5) is 24.8. The van der Waals surface area contributed by atoms with Gasteiger partial charge in [0.2, 0.25) is 11.8 Å². The van der Waals surface area contributed by atoms with Crippen LogP contribution in [0.3, 0.4) is 0 Å². The first-order chi connectivity index (χ1) is 8.06. The summed E-state index contributed by atoms with van der Waals surface area (Å²) in [7, 11) is 1.75. The topological polar surface area (TPSA) is 81.7 Å². The summed E-state index contributed by atoms with van der Waals surface area (Å²) >= 11 is 0. The summed E-state index contributed by atoms with van der Waals surface area (Å²) in [5.74, 6) is 0.0548. The third kappa shape index (κ3) is 2.95. The number of aliphatic hydroxyl groups excluding tert-OH is 1. The van der Waals surface area contributed by atoms with Crippen LogP contribution in [0.25, 0.3) is 0 Å². The lowest BCUT2D eigenvalue weighted by molar-refractivity contribution is -0.134. The zero-order valence-corrected chi connectivity index (χ0v) is 9.98. The first kappa shape index (κ1) is 12.3. The maximum absolute atomic E-state index is 11.9. The van der Waals surface area contributed by atoms with Crippen LogP contribution in [0.4, 0.5) is 0 Å². The third-order valence-electron chi connectivity index (χ3n) is 3.40. The average Bonchev–Trinajstić information content (AvgIpc) is 2.70. The molecule has 96 valence electrons. The minimum atomic E-state index is -0.429. The molecule has 0 bridgehead atoms. The number of likely N-dealkylation sites (tertiary alicyclic amines) is 1. The Morgan fingerprint density at radius 3 is 2.94 bits per heavy atom. The Morgan fingerprint density at radius 2 is 2.35 bits per heavy atom. The summed E-state index contributed by atoms with van der Waals surface area (Å²) in [6.07, 6.45) is 1.22. The standard InChI is InChI=1S/C11H19N3O3/c1-14-6-7(2-3-10(14)16)13-11(17)9-4-8(15)5-12-9/h7-9,12,15H,2-6H2,1H3,(H,13,17). The van der Waals surface area contributed by atoms with Gasteiger partial charge in [-0.1, -0.05) is 0 Å². The molecule has 6 heteroatoms. The van der Waals surface area contributed by atoms with Gasteiger partial charge in [-0.05, 0) is 12.8 Å². The molecule has 0 spiro atoms. The van der Waals surface area contributed by atoms with Gasteiger partial charge in [-0.15, -0.1) is 0 Å². The maximum atomic E-state index is 11.9. The van der Waals surface area contributed by atoms with Crippen molar-refractivity contribution in [2.45, 2.75) is 37.5 Å².